The predicted molar refractivity (Wildman–Crippen MR) is 107 cm³/mol. The van der Waals surface area contributed by atoms with Gasteiger partial charge in [-0.05, 0) is 87.0 Å². The number of pyridine rings is 1. The summed E-state index contributed by atoms with van der Waals surface area (Å²) >= 11 is 0. The Balaban J connectivity index is 1.22. The van der Waals surface area contributed by atoms with Gasteiger partial charge in [-0.1, -0.05) is 30.3 Å². The van der Waals surface area contributed by atoms with Crippen molar-refractivity contribution in [1.29, 1.82) is 0 Å². The van der Waals surface area contributed by atoms with E-state index < -0.39 is 0 Å². The highest BCUT2D eigenvalue weighted by molar-refractivity contribution is 5.23. The van der Waals surface area contributed by atoms with Crippen molar-refractivity contribution in [3.63, 3.8) is 0 Å². The molecule has 0 radical (unpaired) electrons. The van der Waals surface area contributed by atoms with Crippen LogP contribution in [0.3, 0.4) is 0 Å². The van der Waals surface area contributed by atoms with Crippen molar-refractivity contribution in [1.82, 2.24) is 14.8 Å². The second kappa shape index (κ2) is 8.79. The standard InChI is InChI=1S/C23H31N3/c1-2-13-25(12-1)18-22-7-5-20(6-8-22)16-21-9-14-26(15-10-21)19-23-4-3-11-24-17-23/h3-8,11,17,21H,1-2,9-10,12-16,18-19H2. The minimum atomic E-state index is 0.838. The first-order valence-corrected chi connectivity index (χ1v) is 10.3. The van der Waals surface area contributed by atoms with Crippen molar-refractivity contribution in [3.8, 4) is 0 Å². The van der Waals surface area contributed by atoms with Crippen LogP contribution in [0.5, 0.6) is 0 Å². The molecule has 0 amide bonds. The van der Waals surface area contributed by atoms with Gasteiger partial charge in [0.05, 0.1) is 0 Å². The van der Waals surface area contributed by atoms with Crippen LogP contribution in [-0.4, -0.2) is 41.0 Å². The fraction of sp³-hybridized carbons (Fsp3) is 0.522. The zero-order chi connectivity index (χ0) is 17.6. The van der Waals surface area contributed by atoms with Crippen LogP contribution in [-0.2, 0) is 19.5 Å². The smallest absolute Gasteiger partial charge is 0.0312 e. The van der Waals surface area contributed by atoms with Crippen LogP contribution in [0.15, 0.2) is 48.8 Å². The number of aromatic nitrogens is 1. The molecule has 0 saturated carbocycles. The van der Waals surface area contributed by atoms with Gasteiger partial charge in [0.15, 0.2) is 0 Å². The fourth-order valence-electron chi connectivity index (χ4n) is 4.41. The maximum absolute atomic E-state index is 4.23. The van der Waals surface area contributed by atoms with Gasteiger partial charge in [0.1, 0.15) is 0 Å². The van der Waals surface area contributed by atoms with Gasteiger partial charge in [0.25, 0.3) is 0 Å². The number of hydrogen-bond acceptors (Lipinski definition) is 3. The van der Waals surface area contributed by atoms with Crippen LogP contribution < -0.4 is 0 Å². The number of nitrogens with zero attached hydrogens (tertiary/aromatic N) is 3. The van der Waals surface area contributed by atoms with Crippen molar-refractivity contribution in [2.75, 3.05) is 26.2 Å². The van der Waals surface area contributed by atoms with E-state index in [1.54, 1.807) is 0 Å². The first-order valence-electron chi connectivity index (χ1n) is 10.3. The Morgan fingerprint density at radius 3 is 2.12 bits per heavy atom. The summed E-state index contributed by atoms with van der Waals surface area (Å²) in [5.41, 5.74) is 4.32. The molecule has 0 bridgehead atoms. The molecule has 1 aromatic carbocycles. The number of rotatable bonds is 6. The van der Waals surface area contributed by atoms with Crippen molar-refractivity contribution in [2.24, 2.45) is 5.92 Å². The Labute approximate surface area is 158 Å². The maximum Gasteiger partial charge on any atom is 0.0312 e. The molecule has 3 heteroatoms. The molecular weight excluding hydrogens is 318 g/mol. The van der Waals surface area contributed by atoms with Crippen molar-refractivity contribution >= 4 is 0 Å². The molecule has 138 valence electrons. The lowest BCUT2D eigenvalue weighted by Gasteiger charge is -2.32. The van der Waals surface area contributed by atoms with Crippen LogP contribution in [0.2, 0.25) is 0 Å². The van der Waals surface area contributed by atoms with E-state index in [0.29, 0.717) is 0 Å². The normalized spacial score (nSPS) is 19.8. The summed E-state index contributed by atoms with van der Waals surface area (Å²) in [4.78, 5) is 9.38. The number of benzene rings is 1. The summed E-state index contributed by atoms with van der Waals surface area (Å²) in [6.45, 7) is 7.16. The largest absolute Gasteiger partial charge is 0.299 e. The molecule has 0 spiro atoms. The first kappa shape index (κ1) is 17.7. The Morgan fingerprint density at radius 2 is 1.42 bits per heavy atom. The summed E-state index contributed by atoms with van der Waals surface area (Å²) in [6, 6.07) is 13.7. The van der Waals surface area contributed by atoms with Gasteiger partial charge in [-0.15, -0.1) is 0 Å². The summed E-state index contributed by atoms with van der Waals surface area (Å²) in [6.07, 6.45) is 10.5. The van der Waals surface area contributed by atoms with Crippen LogP contribution in [0.4, 0.5) is 0 Å². The number of hydrogen-bond donors (Lipinski definition) is 0. The van der Waals surface area contributed by atoms with E-state index in [4.69, 9.17) is 0 Å². The fourth-order valence-corrected chi connectivity index (χ4v) is 4.41. The van der Waals surface area contributed by atoms with Crippen molar-refractivity contribution < 1.29 is 0 Å². The molecule has 2 saturated heterocycles. The van der Waals surface area contributed by atoms with Crippen molar-refractivity contribution in [2.45, 2.75) is 45.2 Å². The Hall–Kier alpha value is -1.71. The van der Waals surface area contributed by atoms with Gasteiger partial charge in [-0.3, -0.25) is 14.8 Å². The monoisotopic (exact) mass is 349 g/mol. The van der Waals surface area contributed by atoms with Crippen LogP contribution in [0.1, 0.15) is 42.4 Å². The minimum Gasteiger partial charge on any atom is -0.299 e. The first-order chi connectivity index (χ1) is 12.8. The van der Waals surface area contributed by atoms with E-state index >= 15 is 0 Å². The summed E-state index contributed by atoms with van der Waals surface area (Å²) in [7, 11) is 0. The summed E-state index contributed by atoms with van der Waals surface area (Å²) in [5, 5.41) is 0. The third kappa shape index (κ3) is 4.93. The number of likely N-dealkylation sites (tertiary alicyclic amines) is 2. The third-order valence-electron chi connectivity index (χ3n) is 5.99. The lowest BCUT2D eigenvalue weighted by molar-refractivity contribution is 0.177. The summed E-state index contributed by atoms with van der Waals surface area (Å²) < 4.78 is 0. The molecule has 2 aliphatic heterocycles. The molecular formula is C23H31N3. The molecule has 2 aliphatic rings. The predicted octanol–water partition coefficient (Wildman–Crippen LogP) is 4.13. The molecule has 0 unspecified atom stereocenters. The highest BCUT2D eigenvalue weighted by Gasteiger charge is 2.19. The SMILES string of the molecule is c1cncc(CN2CCC(Cc3ccc(CN4CCCC4)cc3)CC2)c1. The maximum atomic E-state index is 4.23. The molecule has 26 heavy (non-hydrogen) atoms. The molecule has 2 fully saturated rings. The summed E-state index contributed by atoms with van der Waals surface area (Å²) in [5.74, 6) is 0.838. The zero-order valence-electron chi connectivity index (χ0n) is 15.8. The van der Waals surface area contributed by atoms with Gasteiger partial charge >= 0.3 is 0 Å². The van der Waals surface area contributed by atoms with E-state index in [-0.39, 0.29) is 0 Å². The van der Waals surface area contributed by atoms with E-state index in [2.05, 4.69) is 45.1 Å². The minimum absolute atomic E-state index is 0.838. The van der Waals surface area contributed by atoms with E-state index in [0.717, 1.165) is 19.0 Å². The van der Waals surface area contributed by atoms with Crippen LogP contribution in [0, 0.1) is 5.92 Å². The van der Waals surface area contributed by atoms with Crippen LogP contribution >= 0.6 is 0 Å². The lowest BCUT2D eigenvalue weighted by atomic mass is 9.90. The average Bonchev–Trinajstić information content (AvgIpc) is 3.19. The molecule has 4 rings (SSSR count). The molecule has 2 aromatic rings. The number of piperidine rings is 1. The quantitative estimate of drug-likeness (QED) is 0.781. The van der Waals surface area contributed by atoms with Gasteiger partial charge in [0.2, 0.25) is 0 Å². The van der Waals surface area contributed by atoms with Gasteiger partial charge in [0, 0.05) is 25.5 Å². The van der Waals surface area contributed by atoms with Crippen molar-refractivity contribution in [3.05, 3.63) is 65.5 Å². The van der Waals surface area contributed by atoms with Gasteiger partial charge in [-0.25, -0.2) is 0 Å². The average molecular weight is 350 g/mol. The Bertz CT molecular complexity index is 654. The van der Waals surface area contributed by atoms with Gasteiger partial charge < -0.3 is 0 Å². The molecule has 1 aromatic heterocycles. The van der Waals surface area contributed by atoms with E-state index in [1.807, 2.05) is 18.5 Å². The van der Waals surface area contributed by atoms with E-state index in [9.17, 15) is 0 Å². The lowest BCUT2D eigenvalue weighted by Crippen LogP contribution is -2.33. The van der Waals surface area contributed by atoms with Gasteiger partial charge in [-0.2, -0.15) is 0 Å². The zero-order valence-corrected chi connectivity index (χ0v) is 15.8. The van der Waals surface area contributed by atoms with E-state index in [1.165, 1.54) is 75.0 Å². The highest BCUT2D eigenvalue weighted by Crippen LogP contribution is 2.23. The second-order valence-corrected chi connectivity index (χ2v) is 8.08. The highest BCUT2D eigenvalue weighted by atomic mass is 15.1. The van der Waals surface area contributed by atoms with Crippen LogP contribution in [0.25, 0.3) is 0 Å². The molecule has 0 atom stereocenters. The molecule has 3 nitrogen and oxygen atoms in total. The molecule has 0 aliphatic carbocycles. The topological polar surface area (TPSA) is 19.4 Å². The third-order valence-corrected chi connectivity index (χ3v) is 5.99. The second-order valence-electron chi connectivity index (χ2n) is 8.08. The Kier molecular flexibility index (Phi) is 5.98. The molecule has 3 heterocycles. The molecule has 0 N–H and O–H groups in total. The Morgan fingerprint density at radius 1 is 0.769 bits per heavy atom.